The van der Waals surface area contributed by atoms with Crippen LogP contribution in [0, 0.1) is 0 Å². The lowest BCUT2D eigenvalue weighted by Gasteiger charge is -2.26. The summed E-state index contributed by atoms with van der Waals surface area (Å²) >= 11 is 0. The summed E-state index contributed by atoms with van der Waals surface area (Å²) in [4.78, 5) is 18.0. The largest absolute Gasteiger partial charge is 0.370 e. The summed E-state index contributed by atoms with van der Waals surface area (Å²) in [7, 11) is 0. The molecule has 1 aliphatic rings. The normalized spacial score (nSPS) is 15.8. The first kappa shape index (κ1) is 12.9. The number of hydrogen-bond acceptors (Lipinski definition) is 3. The molecule has 0 bridgehead atoms. The molecule has 1 N–H and O–H groups in total. The van der Waals surface area contributed by atoms with Gasteiger partial charge in [0.15, 0.2) is 0 Å². The molecule has 2 rings (SSSR count). The minimum atomic E-state index is 0.279. The third-order valence-corrected chi connectivity index (χ3v) is 3.18. The van der Waals surface area contributed by atoms with E-state index in [9.17, 15) is 4.79 Å². The van der Waals surface area contributed by atoms with E-state index in [1.54, 1.807) is 0 Å². The number of piperidine rings is 1. The Morgan fingerprint density at radius 2 is 2.33 bits per heavy atom. The second-order valence-electron chi connectivity index (χ2n) is 4.75. The molecular formula is C14H21N3O. The molecule has 1 aromatic heterocycles. The molecule has 0 spiro atoms. The van der Waals surface area contributed by atoms with Gasteiger partial charge in [-0.1, -0.05) is 6.92 Å². The third-order valence-electron chi connectivity index (χ3n) is 3.18. The van der Waals surface area contributed by atoms with E-state index in [1.807, 2.05) is 23.2 Å². The molecule has 4 nitrogen and oxygen atoms in total. The molecule has 18 heavy (non-hydrogen) atoms. The molecule has 1 amide bonds. The number of aromatic nitrogens is 1. The fourth-order valence-corrected chi connectivity index (χ4v) is 2.17. The van der Waals surface area contributed by atoms with Crippen LogP contribution in [0.1, 0.15) is 38.2 Å². The van der Waals surface area contributed by atoms with Crippen molar-refractivity contribution in [3.05, 3.63) is 23.9 Å². The van der Waals surface area contributed by atoms with Crippen molar-refractivity contribution in [1.29, 1.82) is 0 Å². The smallest absolute Gasteiger partial charge is 0.222 e. The maximum atomic E-state index is 11.8. The average Bonchev–Trinajstić information content (AvgIpc) is 2.40. The molecule has 0 saturated carbocycles. The number of anilines is 1. The van der Waals surface area contributed by atoms with Gasteiger partial charge in [0.25, 0.3) is 0 Å². The summed E-state index contributed by atoms with van der Waals surface area (Å²) in [5, 5.41) is 3.27. The fraction of sp³-hybridized carbons (Fsp3) is 0.571. The molecule has 1 aromatic rings. The summed E-state index contributed by atoms with van der Waals surface area (Å²) in [6.45, 7) is 4.66. The van der Waals surface area contributed by atoms with Crippen LogP contribution in [0.4, 0.5) is 5.82 Å². The van der Waals surface area contributed by atoms with Gasteiger partial charge < -0.3 is 10.2 Å². The van der Waals surface area contributed by atoms with Crippen LogP contribution in [0.2, 0.25) is 0 Å². The van der Waals surface area contributed by atoms with Crippen molar-refractivity contribution in [2.45, 2.75) is 39.2 Å². The average molecular weight is 247 g/mol. The Kier molecular flexibility index (Phi) is 4.56. The maximum Gasteiger partial charge on any atom is 0.222 e. The SMILES string of the molecule is CCCNc1cc(CN2CCCCC2=O)ccn1. The quantitative estimate of drug-likeness (QED) is 0.869. The standard InChI is InChI=1S/C14H21N3O/c1-2-7-15-13-10-12(6-8-16-13)11-17-9-4-3-5-14(17)18/h6,8,10H,2-5,7,9,11H2,1H3,(H,15,16). The number of carbonyl (C=O) groups excluding carboxylic acids is 1. The van der Waals surface area contributed by atoms with E-state index in [2.05, 4.69) is 17.2 Å². The van der Waals surface area contributed by atoms with Crippen LogP contribution in [-0.4, -0.2) is 28.9 Å². The first-order valence-electron chi connectivity index (χ1n) is 6.76. The van der Waals surface area contributed by atoms with E-state index in [1.165, 1.54) is 0 Å². The number of carbonyl (C=O) groups is 1. The highest BCUT2D eigenvalue weighted by Crippen LogP contribution is 2.15. The van der Waals surface area contributed by atoms with Gasteiger partial charge in [-0.15, -0.1) is 0 Å². The van der Waals surface area contributed by atoms with Crippen LogP contribution in [0.25, 0.3) is 0 Å². The molecule has 0 unspecified atom stereocenters. The van der Waals surface area contributed by atoms with Crippen molar-refractivity contribution < 1.29 is 4.79 Å². The zero-order valence-electron chi connectivity index (χ0n) is 11.0. The number of likely N-dealkylation sites (tertiary alicyclic amines) is 1. The zero-order chi connectivity index (χ0) is 12.8. The summed E-state index contributed by atoms with van der Waals surface area (Å²) in [6, 6.07) is 4.02. The first-order chi connectivity index (χ1) is 8.79. The van der Waals surface area contributed by atoms with E-state index < -0.39 is 0 Å². The highest BCUT2D eigenvalue weighted by molar-refractivity contribution is 5.76. The monoisotopic (exact) mass is 247 g/mol. The van der Waals surface area contributed by atoms with Crippen molar-refractivity contribution in [2.24, 2.45) is 0 Å². The van der Waals surface area contributed by atoms with Gasteiger partial charge in [0, 0.05) is 32.3 Å². The molecule has 0 aliphatic carbocycles. The lowest BCUT2D eigenvalue weighted by atomic mass is 10.1. The van der Waals surface area contributed by atoms with Crippen LogP contribution in [0.5, 0.6) is 0 Å². The number of nitrogens with zero attached hydrogens (tertiary/aromatic N) is 2. The van der Waals surface area contributed by atoms with Gasteiger partial charge in [-0.05, 0) is 37.0 Å². The van der Waals surface area contributed by atoms with Gasteiger partial charge in [0.1, 0.15) is 5.82 Å². The second kappa shape index (κ2) is 6.38. The highest BCUT2D eigenvalue weighted by atomic mass is 16.2. The summed E-state index contributed by atoms with van der Waals surface area (Å²) in [6.07, 6.45) is 5.75. The van der Waals surface area contributed by atoms with Gasteiger partial charge in [-0.25, -0.2) is 4.98 Å². The Morgan fingerprint density at radius 1 is 1.44 bits per heavy atom. The van der Waals surface area contributed by atoms with Crippen LogP contribution in [0.3, 0.4) is 0 Å². The fourth-order valence-electron chi connectivity index (χ4n) is 2.17. The predicted molar refractivity (Wildman–Crippen MR) is 72.3 cm³/mol. The molecule has 1 fully saturated rings. The molecule has 0 radical (unpaired) electrons. The van der Waals surface area contributed by atoms with Crippen LogP contribution in [0.15, 0.2) is 18.3 Å². The Hall–Kier alpha value is -1.58. The molecule has 0 aromatic carbocycles. The second-order valence-corrected chi connectivity index (χ2v) is 4.75. The van der Waals surface area contributed by atoms with Gasteiger partial charge in [-0.3, -0.25) is 4.79 Å². The first-order valence-corrected chi connectivity index (χ1v) is 6.76. The van der Waals surface area contributed by atoms with Crippen LogP contribution in [-0.2, 0) is 11.3 Å². The number of rotatable bonds is 5. The number of amides is 1. The Balaban J connectivity index is 1.97. The Morgan fingerprint density at radius 3 is 3.11 bits per heavy atom. The minimum absolute atomic E-state index is 0.279. The molecule has 98 valence electrons. The van der Waals surface area contributed by atoms with E-state index in [0.717, 1.165) is 43.7 Å². The van der Waals surface area contributed by atoms with E-state index in [4.69, 9.17) is 0 Å². The van der Waals surface area contributed by atoms with Crippen molar-refractivity contribution in [3.63, 3.8) is 0 Å². The highest BCUT2D eigenvalue weighted by Gasteiger charge is 2.17. The van der Waals surface area contributed by atoms with Crippen molar-refractivity contribution in [3.8, 4) is 0 Å². The van der Waals surface area contributed by atoms with E-state index >= 15 is 0 Å². The maximum absolute atomic E-state index is 11.8. The molecule has 0 atom stereocenters. The molecule has 1 aliphatic heterocycles. The van der Waals surface area contributed by atoms with Gasteiger partial charge in [-0.2, -0.15) is 0 Å². The topological polar surface area (TPSA) is 45.2 Å². The van der Waals surface area contributed by atoms with Gasteiger partial charge in [0.2, 0.25) is 5.91 Å². The summed E-state index contributed by atoms with van der Waals surface area (Å²) < 4.78 is 0. The predicted octanol–water partition coefficient (Wildman–Crippen LogP) is 2.42. The summed E-state index contributed by atoms with van der Waals surface area (Å²) in [5.74, 6) is 1.18. The van der Waals surface area contributed by atoms with Crippen LogP contribution >= 0.6 is 0 Å². The van der Waals surface area contributed by atoms with Crippen molar-refractivity contribution in [2.75, 3.05) is 18.4 Å². The zero-order valence-corrected chi connectivity index (χ0v) is 11.0. The third kappa shape index (κ3) is 3.45. The molecule has 1 saturated heterocycles. The lowest BCUT2D eigenvalue weighted by molar-refractivity contribution is -0.133. The Labute approximate surface area is 108 Å². The molecule has 4 heteroatoms. The van der Waals surface area contributed by atoms with Gasteiger partial charge in [0.05, 0.1) is 0 Å². The molecule has 2 heterocycles. The van der Waals surface area contributed by atoms with Crippen LogP contribution < -0.4 is 5.32 Å². The number of hydrogen-bond donors (Lipinski definition) is 1. The van der Waals surface area contributed by atoms with E-state index in [-0.39, 0.29) is 5.91 Å². The number of nitrogens with one attached hydrogen (secondary N) is 1. The summed E-state index contributed by atoms with van der Waals surface area (Å²) in [5.41, 5.74) is 1.15. The Bertz CT molecular complexity index is 406. The van der Waals surface area contributed by atoms with E-state index in [0.29, 0.717) is 13.0 Å². The van der Waals surface area contributed by atoms with Crippen molar-refractivity contribution >= 4 is 11.7 Å². The lowest BCUT2D eigenvalue weighted by Crippen LogP contribution is -2.34. The van der Waals surface area contributed by atoms with Gasteiger partial charge >= 0.3 is 0 Å². The minimum Gasteiger partial charge on any atom is -0.370 e. The van der Waals surface area contributed by atoms with Crippen molar-refractivity contribution in [1.82, 2.24) is 9.88 Å². The molecular weight excluding hydrogens is 226 g/mol. The number of pyridine rings is 1.